The lowest BCUT2D eigenvalue weighted by atomic mass is 10.3. The molecule has 6 nitrogen and oxygen atoms in total. The minimum absolute atomic E-state index is 0.0643. The van der Waals surface area contributed by atoms with Crippen molar-refractivity contribution in [2.24, 2.45) is 5.73 Å². The van der Waals surface area contributed by atoms with Gasteiger partial charge in [0, 0.05) is 32.5 Å². The van der Waals surface area contributed by atoms with Crippen LogP contribution in [0.15, 0.2) is 47.5 Å². The van der Waals surface area contributed by atoms with Crippen molar-refractivity contribution in [2.45, 2.75) is 11.4 Å². The Morgan fingerprint density at radius 3 is 2.67 bits per heavy atom. The zero-order chi connectivity index (χ0) is 15.5. The van der Waals surface area contributed by atoms with Gasteiger partial charge in [-0.2, -0.15) is 0 Å². The molecule has 0 saturated carbocycles. The molecule has 1 aromatic heterocycles. The Kier molecular flexibility index (Phi) is 4.44. The van der Waals surface area contributed by atoms with Gasteiger partial charge in [0.05, 0.1) is 11.4 Å². The number of nitrogens with zero attached hydrogens (tertiary/aromatic N) is 2. The van der Waals surface area contributed by atoms with Crippen LogP contribution in [0.5, 0.6) is 0 Å². The summed E-state index contributed by atoms with van der Waals surface area (Å²) in [6.07, 6.45) is 1.52. The predicted molar refractivity (Wildman–Crippen MR) is 83.7 cm³/mol. The summed E-state index contributed by atoms with van der Waals surface area (Å²) < 4.78 is 27.4. The first-order valence-corrected chi connectivity index (χ1v) is 7.86. The van der Waals surface area contributed by atoms with Crippen LogP contribution in [0.3, 0.4) is 0 Å². The van der Waals surface area contributed by atoms with Gasteiger partial charge in [-0.05, 0) is 30.3 Å². The van der Waals surface area contributed by atoms with E-state index in [0.29, 0.717) is 11.4 Å². The van der Waals surface area contributed by atoms with Crippen molar-refractivity contribution in [1.82, 2.24) is 4.98 Å². The van der Waals surface area contributed by atoms with Crippen LogP contribution in [-0.2, 0) is 16.6 Å². The average Bonchev–Trinajstić information content (AvgIpc) is 2.47. The highest BCUT2D eigenvalue weighted by atomic mass is 32.2. The van der Waals surface area contributed by atoms with Crippen molar-refractivity contribution in [1.29, 1.82) is 0 Å². The molecule has 2 rings (SSSR count). The summed E-state index contributed by atoms with van der Waals surface area (Å²) in [5.74, 6) is 0. The summed E-state index contributed by atoms with van der Waals surface area (Å²) in [7, 11) is 0.0707. The third-order valence-electron chi connectivity index (χ3n) is 2.95. The van der Waals surface area contributed by atoms with Crippen LogP contribution >= 0.6 is 0 Å². The molecule has 0 aliphatic heterocycles. The summed E-state index contributed by atoms with van der Waals surface area (Å²) in [5, 5.41) is 0. The van der Waals surface area contributed by atoms with E-state index in [9.17, 15) is 8.42 Å². The molecule has 3 N–H and O–H groups in total. The lowest BCUT2D eigenvalue weighted by Crippen LogP contribution is -2.17. The van der Waals surface area contributed by atoms with Gasteiger partial charge >= 0.3 is 0 Å². The van der Waals surface area contributed by atoms with E-state index in [1.165, 1.54) is 12.3 Å². The van der Waals surface area contributed by atoms with E-state index in [4.69, 9.17) is 5.73 Å². The largest absolute Gasteiger partial charge is 0.378 e. The van der Waals surface area contributed by atoms with Gasteiger partial charge in [-0.25, -0.2) is 8.42 Å². The van der Waals surface area contributed by atoms with Gasteiger partial charge in [0.25, 0.3) is 10.0 Å². The van der Waals surface area contributed by atoms with E-state index >= 15 is 0 Å². The lowest BCUT2D eigenvalue weighted by molar-refractivity contribution is 0.599. The number of benzene rings is 1. The fraction of sp³-hybridized carbons (Fsp3) is 0.214. The standard InChI is InChI=1S/C14H18N4O2S/c1-18(2)12-6-3-5-11(9-12)17-21(19,20)14-7-4-8-16-13(14)10-15/h3-9,17H,10,15H2,1-2H3. The molecule has 0 atom stereocenters. The SMILES string of the molecule is CN(C)c1cccc(NS(=O)(=O)c2cccnc2CN)c1. The van der Waals surface area contributed by atoms with E-state index in [1.807, 2.05) is 25.1 Å². The Morgan fingerprint density at radius 1 is 1.24 bits per heavy atom. The molecule has 0 saturated heterocycles. The first-order valence-electron chi connectivity index (χ1n) is 6.38. The second-order valence-electron chi connectivity index (χ2n) is 4.70. The maximum absolute atomic E-state index is 12.4. The highest BCUT2D eigenvalue weighted by Crippen LogP contribution is 2.21. The van der Waals surface area contributed by atoms with Gasteiger partial charge in [0.2, 0.25) is 0 Å². The van der Waals surface area contributed by atoms with Gasteiger partial charge in [-0.3, -0.25) is 9.71 Å². The van der Waals surface area contributed by atoms with Gasteiger partial charge < -0.3 is 10.6 Å². The van der Waals surface area contributed by atoms with E-state index in [1.54, 1.807) is 24.3 Å². The van der Waals surface area contributed by atoms with E-state index in [0.717, 1.165) is 5.69 Å². The highest BCUT2D eigenvalue weighted by molar-refractivity contribution is 7.92. The van der Waals surface area contributed by atoms with Crippen molar-refractivity contribution in [3.05, 3.63) is 48.3 Å². The van der Waals surface area contributed by atoms with Gasteiger partial charge in [0.1, 0.15) is 4.90 Å². The van der Waals surface area contributed by atoms with Crippen molar-refractivity contribution in [2.75, 3.05) is 23.7 Å². The Morgan fingerprint density at radius 2 is 2.00 bits per heavy atom. The number of hydrogen-bond acceptors (Lipinski definition) is 5. The fourth-order valence-corrected chi connectivity index (χ4v) is 3.13. The Labute approximate surface area is 124 Å². The topological polar surface area (TPSA) is 88.3 Å². The van der Waals surface area contributed by atoms with Gasteiger partial charge in [0.15, 0.2) is 0 Å². The van der Waals surface area contributed by atoms with Crippen molar-refractivity contribution >= 4 is 21.4 Å². The van der Waals surface area contributed by atoms with Gasteiger partial charge in [-0.1, -0.05) is 6.07 Å². The average molecular weight is 306 g/mol. The Hall–Kier alpha value is -2.12. The normalized spacial score (nSPS) is 11.2. The summed E-state index contributed by atoms with van der Waals surface area (Å²) in [4.78, 5) is 5.99. The number of anilines is 2. The first kappa shape index (κ1) is 15.3. The molecule has 0 radical (unpaired) electrons. The van der Waals surface area contributed by atoms with Crippen molar-refractivity contribution in [3.63, 3.8) is 0 Å². The molecule has 2 aromatic rings. The molecule has 7 heteroatoms. The quantitative estimate of drug-likeness (QED) is 0.872. The molecule has 1 aromatic carbocycles. The van der Waals surface area contributed by atoms with Crippen LogP contribution < -0.4 is 15.4 Å². The van der Waals surface area contributed by atoms with Crippen LogP contribution in [0.25, 0.3) is 0 Å². The molecule has 0 unspecified atom stereocenters. The third kappa shape index (κ3) is 3.50. The first-order chi connectivity index (χ1) is 9.94. The summed E-state index contributed by atoms with van der Waals surface area (Å²) in [5.41, 5.74) is 7.28. The zero-order valence-electron chi connectivity index (χ0n) is 11.9. The molecule has 0 aliphatic rings. The van der Waals surface area contributed by atoms with E-state index in [2.05, 4.69) is 9.71 Å². The molecule has 0 spiro atoms. The number of rotatable bonds is 5. The minimum atomic E-state index is -3.71. The van der Waals surface area contributed by atoms with Crippen molar-refractivity contribution < 1.29 is 8.42 Å². The van der Waals surface area contributed by atoms with Crippen LogP contribution in [0, 0.1) is 0 Å². The maximum Gasteiger partial charge on any atom is 0.263 e. The summed E-state index contributed by atoms with van der Waals surface area (Å²) in [6.45, 7) is 0.0643. The predicted octanol–water partition coefficient (Wildman–Crippen LogP) is 1.41. The van der Waals surface area contributed by atoms with Crippen molar-refractivity contribution in [3.8, 4) is 0 Å². The van der Waals surface area contributed by atoms with E-state index < -0.39 is 10.0 Å². The fourth-order valence-electron chi connectivity index (χ4n) is 1.88. The van der Waals surface area contributed by atoms with Crippen LogP contribution in [0.2, 0.25) is 0 Å². The zero-order valence-corrected chi connectivity index (χ0v) is 12.8. The molecule has 1 heterocycles. The summed E-state index contributed by atoms with van der Waals surface area (Å²) >= 11 is 0. The number of nitrogens with two attached hydrogens (primary N) is 1. The minimum Gasteiger partial charge on any atom is -0.378 e. The molecular formula is C14H18N4O2S. The summed E-state index contributed by atoms with van der Waals surface area (Å²) in [6, 6.07) is 10.2. The number of nitrogens with one attached hydrogen (secondary N) is 1. The molecule has 21 heavy (non-hydrogen) atoms. The number of aromatic nitrogens is 1. The monoisotopic (exact) mass is 306 g/mol. The number of pyridine rings is 1. The Balaban J connectivity index is 2.35. The molecule has 0 amide bonds. The number of sulfonamides is 1. The van der Waals surface area contributed by atoms with E-state index in [-0.39, 0.29) is 11.4 Å². The lowest BCUT2D eigenvalue weighted by Gasteiger charge is -2.15. The second kappa shape index (κ2) is 6.11. The van der Waals surface area contributed by atoms with Crippen LogP contribution in [0.4, 0.5) is 11.4 Å². The van der Waals surface area contributed by atoms with Crippen LogP contribution in [-0.4, -0.2) is 27.5 Å². The molecule has 0 fully saturated rings. The molecular weight excluding hydrogens is 288 g/mol. The third-order valence-corrected chi connectivity index (χ3v) is 4.40. The second-order valence-corrected chi connectivity index (χ2v) is 6.35. The van der Waals surface area contributed by atoms with Gasteiger partial charge in [-0.15, -0.1) is 0 Å². The molecule has 0 bridgehead atoms. The number of hydrogen-bond donors (Lipinski definition) is 2. The highest BCUT2D eigenvalue weighted by Gasteiger charge is 2.18. The van der Waals surface area contributed by atoms with Crippen LogP contribution in [0.1, 0.15) is 5.69 Å². The Bertz CT molecular complexity index is 729. The smallest absolute Gasteiger partial charge is 0.263 e. The maximum atomic E-state index is 12.4. The molecule has 0 aliphatic carbocycles. The molecule has 112 valence electrons.